The molecule has 4 N–H and O–H groups in total. The molecule has 1 saturated carbocycles. The number of anilines is 1. The highest BCUT2D eigenvalue weighted by Crippen LogP contribution is 2.57. The fraction of sp³-hybridized carbons (Fsp3) is 0.526. The van der Waals surface area contributed by atoms with Crippen molar-refractivity contribution in [1.29, 1.82) is 0 Å². The molecule has 4 atom stereocenters. The first-order valence-electron chi connectivity index (χ1n) is 17.8. The number of nitrogens with zero attached hydrogens (tertiary/aromatic N) is 1. The van der Waals surface area contributed by atoms with Crippen molar-refractivity contribution in [3.05, 3.63) is 82.1 Å². The van der Waals surface area contributed by atoms with Gasteiger partial charge in [0.1, 0.15) is 17.0 Å². The zero-order valence-electron chi connectivity index (χ0n) is 29.1. The first kappa shape index (κ1) is 36.6. The predicted octanol–water partition coefficient (Wildman–Crippen LogP) is 7.91. The van der Waals surface area contributed by atoms with Gasteiger partial charge in [0.25, 0.3) is 0 Å². The zero-order chi connectivity index (χ0) is 35.5. The normalized spacial score (nSPS) is 26.0. The van der Waals surface area contributed by atoms with Crippen molar-refractivity contribution >= 4 is 31.1 Å². The fourth-order valence-electron chi connectivity index (χ4n) is 8.56. The minimum absolute atomic E-state index is 0.0271. The molecule has 0 bridgehead atoms. The molecule has 0 aliphatic heterocycles. The lowest BCUT2D eigenvalue weighted by atomic mass is 9.59. The molecule has 3 aromatic rings. The minimum Gasteiger partial charge on any atom is -0.493 e. The number of halogens is 1. The van der Waals surface area contributed by atoms with Crippen molar-refractivity contribution in [3.63, 3.8) is 0 Å². The maximum atomic E-state index is 12.9. The van der Waals surface area contributed by atoms with E-state index in [4.69, 9.17) is 25.4 Å². The molecule has 50 heavy (non-hydrogen) atoms. The van der Waals surface area contributed by atoms with E-state index in [1.54, 1.807) is 25.2 Å². The quantitative estimate of drug-likeness (QED) is 0.0958. The molecule has 1 unspecified atom stereocenters. The van der Waals surface area contributed by atoms with Crippen molar-refractivity contribution in [2.24, 2.45) is 11.8 Å². The number of phosphoric acid groups is 1. The molecule has 0 radical (unpaired) electrons. The molecule has 0 saturated heterocycles. The van der Waals surface area contributed by atoms with E-state index in [0.29, 0.717) is 55.5 Å². The van der Waals surface area contributed by atoms with Gasteiger partial charge in [-0.05, 0) is 136 Å². The Bertz CT molecular complexity index is 1730. The number of carboxylic acid groups (broad SMARTS) is 1. The highest BCUT2D eigenvalue weighted by molar-refractivity contribution is 7.47. The third-order valence-electron chi connectivity index (χ3n) is 11.1. The van der Waals surface area contributed by atoms with Crippen LogP contribution >= 0.6 is 19.4 Å². The largest absolute Gasteiger partial charge is 0.527 e. The van der Waals surface area contributed by atoms with E-state index in [1.807, 2.05) is 36.5 Å². The number of aliphatic carboxylic acids is 1. The molecule has 1 aromatic heterocycles. The lowest BCUT2D eigenvalue weighted by Crippen LogP contribution is -2.53. The predicted molar refractivity (Wildman–Crippen MR) is 194 cm³/mol. The number of phosphoric ester groups is 1. The summed E-state index contributed by atoms with van der Waals surface area (Å²) >= 11 is 6.25. The van der Waals surface area contributed by atoms with Gasteiger partial charge in [-0.25, -0.2) is 9.36 Å². The van der Waals surface area contributed by atoms with E-state index in [9.17, 15) is 19.4 Å². The molecule has 0 amide bonds. The van der Waals surface area contributed by atoms with Crippen molar-refractivity contribution in [1.82, 2.24) is 10.3 Å². The van der Waals surface area contributed by atoms with Crippen LogP contribution in [0.1, 0.15) is 87.1 Å². The van der Waals surface area contributed by atoms with Crippen molar-refractivity contribution < 1.29 is 33.1 Å². The van der Waals surface area contributed by atoms with Crippen LogP contribution in [0, 0.1) is 11.8 Å². The molecule has 10 nitrogen and oxygen atoms in total. The number of ether oxygens (including phenoxy) is 1. The maximum absolute atomic E-state index is 12.9. The Balaban J connectivity index is 1.25. The molecular formula is C38H49ClN3O7P. The van der Waals surface area contributed by atoms with Crippen LogP contribution in [-0.4, -0.2) is 53.3 Å². The van der Waals surface area contributed by atoms with E-state index >= 15 is 0 Å². The second-order valence-corrected chi connectivity index (χ2v) is 16.3. The molecule has 6 rings (SSSR count). The minimum atomic E-state index is -4.35. The van der Waals surface area contributed by atoms with E-state index in [-0.39, 0.29) is 29.6 Å². The molecule has 1 heterocycles. The summed E-state index contributed by atoms with van der Waals surface area (Å²) in [6.45, 7) is 5.46. The van der Waals surface area contributed by atoms with Gasteiger partial charge in [0, 0.05) is 34.7 Å². The van der Waals surface area contributed by atoms with Crippen LogP contribution in [-0.2, 0) is 32.1 Å². The van der Waals surface area contributed by atoms with E-state index < -0.39 is 19.3 Å². The Kier molecular flexibility index (Phi) is 11.2. The van der Waals surface area contributed by atoms with Crippen LogP contribution in [0.2, 0.25) is 5.02 Å². The zero-order valence-corrected chi connectivity index (χ0v) is 30.8. The SMILES string of the molecule is CNCCOP(=O)(O)Oc1ccc2c(c1)C1(CCC(Nc3cccc(Cl)c3)(C(=O)O)CC1)[C@@H](C[C@@H](C)COc1ccnc3c1[C@H](C)CCC3)C2. The first-order valence-corrected chi connectivity index (χ1v) is 19.6. The summed E-state index contributed by atoms with van der Waals surface area (Å²) in [6.07, 6.45) is 8.84. The number of fused-ring (bicyclic) bond motifs is 3. The van der Waals surface area contributed by atoms with Gasteiger partial charge in [-0.2, -0.15) is 0 Å². The summed E-state index contributed by atoms with van der Waals surface area (Å²) in [6, 6.07) is 14.7. The number of benzene rings is 2. The number of aryl methyl sites for hydroxylation is 1. The second kappa shape index (κ2) is 15.2. The highest BCUT2D eigenvalue weighted by atomic mass is 35.5. The monoisotopic (exact) mass is 725 g/mol. The van der Waals surface area contributed by atoms with E-state index in [1.165, 1.54) is 5.56 Å². The Labute approximate surface area is 299 Å². The number of likely N-dealkylation sites (N-methyl/N-ethyl adjacent to an activating group) is 1. The molecule has 270 valence electrons. The van der Waals surface area contributed by atoms with Gasteiger partial charge in [-0.3, -0.25) is 14.4 Å². The van der Waals surface area contributed by atoms with Gasteiger partial charge in [-0.1, -0.05) is 37.6 Å². The molecular weight excluding hydrogens is 677 g/mol. The Hall–Kier alpha value is -3.14. The lowest BCUT2D eigenvalue weighted by Gasteiger charge is -2.47. The number of aromatic nitrogens is 1. The molecule has 1 spiro atoms. The maximum Gasteiger partial charge on any atom is 0.527 e. The number of carboxylic acids is 1. The molecule has 2 aromatic carbocycles. The molecule has 12 heteroatoms. The smallest absolute Gasteiger partial charge is 0.493 e. The Morgan fingerprint density at radius 1 is 1.16 bits per heavy atom. The number of carbonyl (C=O) groups is 1. The van der Waals surface area contributed by atoms with Crippen LogP contribution in [0.5, 0.6) is 11.5 Å². The average Bonchev–Trinajstić information content (AvgIpc) is 3.36. The van der Waals surface area contributed by atoms with Gasteiger partial charge >= 0.3 is 13.8 Å². The Morgan fingerprint density at radius 3 is 2.70 bits per heavy atom. The third kappa shape index (κ3) is 7.85. The summed E-state index contributed by atoms with van der Waals surface area (Å²) in [5.41, 5.74) is 3.76. The molecule has 3 aliphatic rings. The van der Waals surface area contributed by atoms with E-state index in [0.717, 1.165) is 54.7 Å². The summed E-state index contributed by atoms with van der Waals surface area (Å²) in [5.74, 6) is 1.15. The number of rotatable bonds is 14. The van der Waals surface area contributed by atoms with Crippen LogP contribution in [0.3, 0.4) is 0 Å². The van der Waals surface area contributed by atoms with Gasteiger partial charge in [0.05, 0.1) is 13.2 Å². The van der Waals surface area contributed by atoms with Crippen LogP contribution in [0.4, 0.5) is 5.69 Å². The highest BCUT2D eigenvalue weighted by Gasteiger charge is 2.54. The van der Waals surface area contributed by atoms with Crippen molar-refractivity contribution in [2.75, 3.05) is 32.1 Å². The summed E-state index contributed by atoms with van der Waals surface area (Å²) < 4.78 is 30.0. The lowest BCUT2D eigenvalue weighted by molar-refractivity contribution is -0.144. The fourth-order valence-corrected chi connectivity index (χ4v) is 9.50. The van der Waals surface area contributed by atoms with Gasteiger partial charge in [0.15, 0.2) is 0 Å². The topological polar surface area (TPSA) is 139 Å². The second-order valence-electron chi connectivity index (χ2n) is 14.5. The van der Waals surface area contributed by atoms with Crippen LogP contribution in [0.25, 0.3) is 0 Å². The van der Waals surface area contributed by atoms with Crippen molar-refractivity contribution in [2.45, 2.75) is 88.5 Å². The van der Waals surface area contributed by atoms with Gasteiger partial charge < -0.3 is 25.0 Å². The molecule has 1 fully saturated rings. The molecule has 3 aliphatic carbocycles. The Morgan fingerprint density at radius 2 is 1.96 bits per heavy atom. The van der Waals surface area contributed by atoms with Gasteiger partial charge in [-0.15, -0.1) is 0 Å². The van der Waals surface area contributed by atoms with E-state index in [2.05, 4.69) is 29.5 Å². The first-order chi connectivity index (χ1) is 23.9. The number of hydrogen-bond acceptors (Lipinski definition) is 8. The number of nitrogens with one attached hydrogen (secondary N) is 2. The van der Waals surface area contributed by atoms with Crippen LogP contribution in [0.15, 0.2) is 54.7 Å². The summed E-state index contributed by atoms with van der Waals surface area (Å²) in [4.78, 5) is 28.0. The number of pyridine rings is 1. The summed E-state index contributed by atoms with van der Waals surface area (Å²) in [5, 5.41) is 17.3. The summed E-state index contributed by atoms with van der Waals surface area (Å²) in [7, 11) is -2.61. The number of hydrogen-bond donors (Lipinski definition) is 4. The third-order valence-corrected chi connectivity index (χ3v) is 12.3. The van der Waals surface area contributed by atoms with Crippen LogP contribution < -0.4 is 19.9 Å². The average molecular weight is 726 g/mol. The standard InChI is InChI=1S/C38H49ClN3O7P/c1-25(24-47-34-12-17-41-33-9-4-6-26(2)35(33)34)20-28-21-27-10-11-31(49-50(45,46)48-19-18-40-3)23-32(27)37(28)13-15-38(16-14-37,36(43)44)42-30-8-5-7-29(39)22-30/h5,7-8,10-12,17,22-23,25-26,28,40,42H,4,6,9,13-16,18-21,24H2,1-3H3,(H,43,44)(H,45,46)/t25-,26-,28+,37?,38?/m1/s1. The van der Waals surface area contributed by atoms with Gasteiger partial charge in [0.2, 0.25) is 0 Å². The van der Waals surface area contributed by atoms with Crippen molar-refractivity contribution in [3.8, 4) is 11.5 Å².